The topological polar surface area (TPSA) is 18.1 Å². The average molecular weight is 566 g/mol. The number of benzene rings is 7. The predicted octanol–water partition coefficient (Wildman–Crippen LogP) is 11.9. The van der Waals surface area contributed by atoms with Crippen molar-refractivity contribution in [2.45, 2.75) is 0 Å². The minimum Gasteiger partial charge on any atom is -0.455 e. The number of aromatic nitrogens is 1. The second-order valence-corrected chi connectivity index (χ2v) is 12.3. The van der Waals surface area contributed by atoms with Crippen LogP contribution in [0.5, 0.6) is 0 Å². The third-order valence-corrected chi connectivity index (χ3v) is 10.1. The summed E-state index contributed by atoms with van der Waals surface area (Å²) in [5, 5.41) is 10.2. The molecule has 3 aromatic heterocycles. The van der Waals surface area contributed by atoms with Crippen LogP contribution in [0.1, 0.15) is 0 Å². The van der Waals surface area contributed by atoms with Crippen LogP contribution < -0.4 is 0 Å². The summed E-state index contributed by atoms with van der Waals surface area (Å²) in [6.45, 7) is 0. The molecule has 0 N–H and O–H groups in total. The van der Waals surface area contributed by atoms with Gasteiger partial charge in [-0.1, -0.05) is 109 Å². The molecule has 7 aromatic carbocycles. The number of rotatable bonds is 2. The fraction of sp³-hybridized carbons (Fsp3) is 0. The summed E-state index contributed by atoms with van der Waals surface area (Å²) in [4.78, 5) is 0. The van der Waals surface area contributed by atoms with Crippen LogP contribution in [0, 0.1) is 0 Å². The largest absolute Gasteiger partial charge is 0.455 e. The molecule has 0 aliphatic carbocycles. The maximum atomic E-state index is 6.44. The van der Waals surface area contributed by atoms with E-state index in [1.165, 1.54) is 52.8 Å². The molecule has 3 heteroatoms. The van der Waals surface area contributed by atoms with Crippen molar-refractivity contribution in [2.24, 2.45) is 0 Å². The Morgan fingerprint density at radius 1 is 0.512 bits per heavy atom. The van der Waals surface area contributed by atoms with Gasteiger partial charge in [0.05, 0.1) is 15.7 Å². The molecule has 10 rings (SSSR count). The molecule has 0 saturated heterocycles. The van der Waals surface area contributed by atoms with Crippen molar-refractivity contribution >= 4 is 86.0 Å². The van der Waals surface area contributed by atoms with Crippen LogP contribution in [0.4, 0.5) is 0 Å². The van der Waals surface area contributed by atoms with Crippen LogP contribution in [0.25, 0.3) is 91.5 Å². The summed E-state index contributed by atoms with van der Waals surface area (Å²) < 4.78 is 11.6. The highest BCUT2D eigenvalue weighted by atomic mass is 32.1. The Morgan fingerprint density at radius 2 is 1.19 bits per heavy atom. The molecule has 0 saturated carbocycles. The molecular weight excluding hydrogens is 543 g/mol. The monoisotopic (exact) mass is 565 g/mol. The molecule has 3 heterocycles. The van der Waals surface area contributed by atoms with Gasteiger partial charge < -0.3 is 8.98 Å². The van der Waals surface area contributed by atoms with E-state index in [0.29, 0.717) is 0 Å². The van der Waals surface area contributed by atoms with Gasteiger partial charge >= 0.3 is 0 Å². The molecule has 200 valence electrons. The lowest BCUT2D eigenvalue weighted by atomic mass is 9.99. The van der Waals surface area contributed by atoms with Crippen LogP contribution in [-0.4, -0.2) is 4.57 Å². The standard InChI is InChI=1S/C40H23NOS/c1-2-15-29-28(14-1)36-31-16-3-6-20-33(31)41(38(36)40-37(29)32-17-5-8-22-35(32)43-40)25-12-9-11-24(23-25)26-18-10-19-30-27-13-4-7-21-34(27)42-39(26)30/h1-23H. The highest BCUT2D eigenvalue weighted by Crippen LogP contribution is 2.48. The van der Waals surface area contributed by atoms with E-state index in [-0.39, 0.29) is 0 Å². The minimum atomic E-state index is 0.919. The third-order valence-electron chi connectivity index (χ3n) is 8.97. The molecule has 43 heavy (non-hydrogen) atoms. The summed E-state index contributed by atoms with van der Waals surface area (Å²) in [6.07, 6.45) is 0. The summed E-state index contributed by atoms with van der Waals surface area (Å²) in [6, 6.07) is 50.3. The fourth-order valence-electron chi connectivity index (χ4n) is 7.18. The van der Waals surface area contributed by atoms with Crippen LogP contribution in [0.15, 0.2) is 144 Å². The third kappa shape index (κ3) is 3.12. The van der Waals surface area contributed by atoms with Gasteiger partial charge in [0, 0.05) is 48.3 Å². The molecule has 0 aliphatic rings. The van der Waals surface area contributed by atoms with Crippen molar-refractivity contribution in [2.75, 3.05) is 0 Å². The molecular formula is C40H23NOS. The van der Waals surface area contributed by atoms with Gasteiger partial charge in [0.1, 0.15) is 11.2 Å². The SMILES string of the molecule is c1cc(-c2cccc3c2oc2ccccc23)cc(-n2c3ccccc3c3c4ccccc4c4c5ccccc5sc4c32)c1. The van der Waals surface area contributed by atoms with E-state index in [4.69, 9.17) is 4.42 Å². The van der Waals surface area contributed by atoms with Crippen molar-refractivity contribution in [1.29, 1.82) is 0 Å². The molecule has 0 aliphatic heterocycles. The smallest absolute Gasteiger partial charge is 0.143 e. The Kier molecular flexibility index (Phi) is 4.63. The van der Waals surface area contributed by atoms with Gasteiger partial charge in [0.2, 0.25) is 0 Å². The van der Waals surface area contributed by atoms with Crippen molar-refractivity contribution in [3.63, 3.8) is 0 Å². The number of fused-ring (bicyclic) bond motifs is 13. The van der Waals surface area contributed by atoms with Crippen LogP contribution in [0.2, 0.25) is 0 Å². The number of furan rings is 1. The summed E-state index contributed by atoms with van der Waals surface area (Å²) in [5.74, 6) is 0. The van der Waals surface area contributed by atoms with Crippen LogP contribution in [0.3, 0.4) is 0 Å². The number of para-hydroxylation sites is 3. The van der Waals surface area contributed by atoms with Crippen molar-refractivity contribution in [1.82, 2.24) is 4.57 Å². The van der Waals surface area contributed by atoms with E-state index in [1.807, 2.05) is 23.5 Å². The van der Waals surface area contributed by atoms with Gasteiger partial charge in [-0.15, -0.1) is 11.3 Å². The maximum absolute atomic E-state index is 6.44. The number of hydrogen-bond donors (Lipinski definition) is 0. The number of thiophene rings is 1. The Labute approximate surface area is 250 Å². The molecule has 0 spiro atoms. The second-order valence-electron chi connectivity index (χ2n) is 11.3. The lowest BCUT2D eigenvalue weighted by molar-refractivity contribution is 0.670. The summed E-state index contributed by atoms with van der Waals surface area (Å²) in [7, 11) is 0. The molecule has 0 fully saturated rings. The Bertz CT molecular complexity index is 2740. The van der Waals surface area contributed by atoms with Gasteiger partial charge in [0.15, 0.2) is 0 Å². The van der Waals surface area contributed by atoms with Crippen LogP contribution >= 0.6 is 11.3 Å². The quantitative estimate of drug-likeness (QED) is 0.204. The van der Waals surface area contributed by atoms with E-state index < -0.39 is 0 Å². The molecule has 0 amide bonds. The highest BCUT2D eigenvalue weighted by Gasteiger charge is 2.22. The van der Waals surface area contributed by atoms with Crippen molar-refractivity contribution in [3.8, 4) is 16.8 Å². The fourth-order valence-corrected chi connectivity index (χ4v) is 8.44. The van der Waals surface area contributed by atoms with E-state index >= 15 is 0 Å². The van der Waals surface area contributed by atoms with Gasteiger partial charge in [-0.2, -0.15) is 0 Å². The first-order valence-corrected chi connectivity index (χ1v) is 15.4. The molecule has 0 bridgehead atoms. The zero-order valence-corrected chi connectivity index (χ0v) is 23.9. The molecule has 2 nitrogen and oxygen atoms in total. The molecule has 0 radical (unpaired) electrons. The zero-order valence-electron chi connectivity index (χ0n) is 23.0. The zero-order chi connectivity index (χ0) is 28.1. The van der Waals surface area contributed by atoms with Gasteiger partial charge in [0.25, 0.3) is 0 Å². The molecule has 0 unspecified atom stereocenters. The Morgan fingerprint density at radius 3 is 2.07 bits per heavy atom. The first kappa shape index (κ1) is 23.2. The number of hydrogen-bond acceptors (Lipinski definition) is 2. The number of nitrogens with zero attached hydrogens (tertiary/aromatic N) is 1. The van der Waals surface area contributed by atoms with E-state index in [1.54, 1.807) is 0 Å². The Hall–Kier alpha value is -5.38. The lowest BCUT2D eigenvalue weighted by Gasteiger charge is -2.12. The van der Waals surface area contributed by atoms with Gasteiger partial charge in [-0.25, -0.2) is 0 Å². The van der Waals surface area contributed by atoms with Gasteiger partial charge in [-0.05, 0) is 46.7 Å². The minimum absolute atomic E-state index is 0.919. The first-order valence-electron chi connectivity index (χ1n) is 14.6. The summed E-state index contributed by atoms with van der Waals surface area (Å²) >= 11 is 1.90. The maximum Gasteiger partial charge on any atom is 0.143 e. The Balaban J connectivity index is 1.35. The van der Waals surface area contributed by atoms with E-state index in [0.717, 1.165) is 38.8 Å². The first-order chi connectivity index (χ1) is 21.3. The van der Waals surface area contributed by atoms with Crippen molar-refractivity contribution in [3.05, 3.63) is 140 Å². The normalized spacial score (nSPS) is 12.2. The predicted molar refractivity (Wildman–Crippen MR) is 184 cm³/mol. The second kappa shape index (κ2) is 8.57. The van der Waals surface area contributed by atoms with E-state index in [9.17, 15) is 0 Å². The van der Waals surface area contributed by atoms with Crippen LogP contribution in [-0.2, 0) is 0 Å². The highest BCUT2D eigenvalue weighted by molar-refractivity contribution is 7.27. The summed E-state index contributed by atoms with van der Waals surface area (Å²) in [5.41, 5.74) is 7.73. The molecule has 10 aromatic rings. The lowest BCUT2D eigenvalue weighted by Crippen LogP contribution is -1.95. The average Bonchev–Trinajstić information content (AvgIpc) is 3.75. The van der Waals surface area contributed by atoms with Crippen molar-refractivity contribution < 1.29 is 4.42 Å². The molecule has 0 atom stereocenters. The van der Waals surface area contributed by atoms with Gasteiger partial charge in [-0.3, -0.25) is 0 Å². The van der Waals surface area contributed by atoms with E-state index in [2.05, 4.69) is 132 Å².